The summed E-state index contributed by atoms with van der Waals surface area (Å²) in [5.74, 6) is -0.183. The van der Waals surface area contributed by atoms with Gasteiger partial charge in [0.2, 0.25) is 0 Å². The minimum absolute atomic E-state index is 0.0259. The highest BCUT2D eigenvalue weighted by Crippen LogP contribution is 2.30. The van der Waals surface area contributed by atoms with Gasteiger partial charge in [0.25, 0.3) is 0 Å². The zero-order valence-corrected chi connectivity index (χ0v) is 8.66. The Kier molecular flexibility index (Phi) is 1.98. The van der Waals surface area contributed by atoms with Crippen LogP contribution in [0.5, 0.6) is 5.75 Å². The molecule has 1 aromatic heterocycles. The smallest absolute Gasteiger partial charge is 0.151 e. The van der Waals surface area contributed by atoms with Gasteiger partial charge in [-0.3, -0.25) is 0 Å². The van der Waals surface area contributed by atoms with Crippen LogP contribution < -0.4 is 0 Å². The standard InChI is InChI=1S/C12H7N3O2/c16-12-6-10-9(5-11(12)15-17)13-7-3-1-2-4-8(7)14-10/h1-6,16H. The number of nitroso groups, excluding NO2 is 1. The first-order valence-electron chi connectivity index (χ1n) is 5.01. The van der Waals surface area contributed by atoms with Crippen molar-refractivity contribution in [2.75, 3.05) is 0 Å². The van der Waals surface area contributed by atoms with Crippen LogP contribution in [0.4, 0.5) is 5.69 Å². The van der Waals surface area contributed by atoms with Crippen molar-refractivity contribution in [3.63, 3.8) is 0 Å². The van der Waals surface area contributed by atoms with Crippen molar-refractivity contribution in [1.82, 2.24) is 9.97 Å². The van der Waals surface area contributed by atoms with E-state index in [0.717, 1.165) is 11.0 Å². The number of nitrogens with zero attached hydrogens (tertiary/aromatic N) is 3. The molecule has 82 valence electrons. The van der Waals surface area contributed by atoms with Crippen LogP contribution in [0, 0.1) is 4.91 Å². The molecule has 17 heavy (non-hydrogen) atoms. The monoisotopic (exact) mass is 225 g/mol. The second-order valence-electron chi connectivity index (χ2n) is 3.63. The minimum Gasteiger partial charge on any atom is -0.505 e. The average molecular weight is 225 g/mol. The predicted molar refractivity (Wildman–Crippen MR) is 64.2 cm³/mol. The topological polar surface area (TPSA) is 75.4 Å². The van der Waals surface area contributed by atoms with Crippen molar-refractivity contribution in [3.8, 4) is 5.75 Å². The lowest BCUT2D eigenvalue weighted by atomic mass is 10.2. The molecule has 0 aliphatic heterocycles. The van der Waals surface area contributed by atoms with E-state index in [9.17, 15) is 10.0 Å². The number of aromatic hydroxyl groups is 1. The highest BCUT2D eigenvalue weighted by atomic mass is 16.3. The Bertz CT molecular complexity index is 740. The summed E-state index contributed by atoms with van der Waals surface area (Å²) in [6.45, 7) is 0. The third-order valence-corrected chi connectivity index (χ3v) is 2.53. The summed E-state index contributed by atoms with van der Waals surface area (Å²) in [5, 5.41) is 12.3. The van der Waals surface area contributed by atoms with Gasteiger partial charge < -0.3 is 5.11 Å². The van der Waals surface area contributed by atoms with E-state index >= 15 is 0 Å². The molecule has 2 aromatic carbocycles. The van der Waals surface area contributed by atoms with Crippen molar-refractivity contribution >= 4 is 27.8 Å². The van der Waals surface area contributed by atoms with Crippen LogP contribution in [0.15, 0.2) is 41.6 Å². The Hall–Kier alpha value is -2.56. The zero-order chi connectivity index (χ0) is 11.8. The Morgan fingerprint density at radius 3 is 2.12 bits per heavy atom. The maximum atomic E-state index is 10.5. The molecule has 0 saturated heterocycles. The Morgan fingerprint density at radius 1 is 0.941 bits per heavy atom. The van der Waals surface area contributed by atoms with Crippen molar-refractivity contribution in [1.29, 1.82) is 0 Å². The molecule has 5 heteroatoms. The van der Waals surface area contributed by atoms with Gasteiger partial charge >= 0.3 is 0 Å². The van der Waals surface area contributed by atoms with E-state index in [2.05, 4.69) is 15.1 Å². The first-order chi connectivity index (χ1) is 8.28. The number of fused-ring (bicyclic) bond motifs is 2. The highest BCUT2D eigenvalue weighted by molar-refractivity contribution is 5.89. The quantitative estimate of drug-likeness (QED) is 0.510. The molecule has 0 spiro atoms. The third-order valence-electron chi connectivity index (χ3n) is 2.53. The number of benzene rings is 2. The van der Waals surface area contributed by atoms with E-state index in [1.807, 2.05) is 24.3 Å². The summed E-state index contributed by atoms with van der Waals surface area (Å²) >= 11 is 0. The summed E-state index contributed by atoms with van der Waals surface area (Å²) in [6.07, 6.45) is 0. The van der Waals surface area contributed by atoms with E-state index in [-0.39, 0.29) is 11.4 Å². The molecule has 3 aromatic rings. The number of aromatic nitrogens is 2. The second kappa shape index (κ2) is 3.48. The summed E-state index contributed by atoms with van der Waals surface area (Å²) < 4.78 is 0. The molecular formula is C12H7N3O2. The first-order valence-corrected chi connectivity index (χ1v) is 5.01. The SMILES string of the molecule is O=Nc1cc2nc3ccccc3nc2cc1O. The zero-order valence-electron chi connectivity index (χ0n) is 8.66. The predicted octanol–water partition coefficient (Wildman–Crippen LogP) is 2.89. The number of hydrogen-bond donors (Lipinski definition) is 1. The normalized spacial score (nSPS) is 10.8. The molecule has 0 amide bonds. The number of rotatable bonds is 1. The van der Waals surface area contributed by atoms with E-state index in [0.29, 0.717) is 11.0 Å². The van der Waals surface area contributed by atoms with Gasteiger partial charge in [0.15, 0.2) is 5.69 Å². The van der Waals surface area contributed by atoms with E-state index in [4.69, 9.17) is 0 Å². The molecule has 0 bridgehead atoms. The van der Waals surface area contributed by atoms with E-state index in [1.165, 1.54) is 12.1 Å². The lowest BCUT2D eigenvalue weighted by Gasteiger charge is -2.02. The van der Waals surface area contributed by atoms with Gasteiger partial charge in [0.05, 0.1) is 22.1 Å². The molecule has 3 rings (SSSR count). The summed E-state index contributed by atoms with van der Waals surface area (Å²) in [7, 11) is 0. The maximum absolute atomic E-state index is 10.5. The van der Waals surface area contributed by atoms with Gasteiger partial charge in [0.1, 0.15) is 5.75 Å². The lowest BCUT2D eigenvalue weighted by Crippen LogP contribution is -1.86. The van der Waals surface area contributed by atoms with Crippen LogP contribution in [0.2, 0.25) is 0 Å². The van der Waals surface area contributed by atoms with Gasteiger partial charge in [0, 0.05) is 6.07 Å². The molecule has 0 atom stereocenters. The number of hydrogen-bond acceptors (Lipinski definition) is 5. The number of phenols is 1. The molecular weight excluding hydrogens is 218 g/mol. The molecule has 1 heterocycles. The van der Waals surface area contributed by atoms with Crippen molar-refractivity contribution in [2.24, 2.45) is 5.18 Å². The van der Waals surface area contributed by atoms with Crippen LogP contribution in [-0.2, 0) is 0 Å². The van der Waals surface area contributed by atoms with Crippen LogP contribution in [0.25, 0.3) is 22.1 Å². The number of para-hydroxylation sites is 2. The van der Waals surface area contributed by atoms with Crippen molar-refractivity contribution in [3.05, 3.63) is 41.3 Å². The fraction of sp³-hybridized carbons (Fsp3) is 0. The molecule has 1 N–H and O–H groups in total. The third kappa shape index (κ3) is 1.48. The highest BCUT2D eigenvalue weighted by Gasteiger charge is 2.07. The summed E-state index contributed by atoms with van der Waals surface area (Å²) in [6, 6.07) is 10.2. The van der Waals surface area contributed by atoms with Crippen LogP contribution in [0.3, 0.4) is 0 Å². The first kappa shape index (κ1) is 9.65. The van der Waals surface area contributed by atoms with E-state index in [1.54, 1.807) is 0 Å². The summed E-state index contributed by atoms with van der Waals surface area (Å²) in [5.41, 5.74) is 2.53. The van der Waals surface area contributed by atoms with Crippen molar-refractivity contribution < 1.29 is 5.11 Å². The lowest BCUT2D eigenvalue weighted by molar-refractivity contribution is 0.477. The Morgan fingerprint density at radius 2 is 1.53 bits per heavy atom. The molecule has 0 fully saturated rings. The van der Waals surface area contributed by atoms with Crippen LogP contribution in [0.1, 0.15) is 0 Å². The molecule has 0 aliphatic carbocycles. The molecule has 5 nitrogen and oxygen atoms in total. The molecule has 0 unspecified atom stereocenters. The van der Waals surface area contributed by atoms with Gasteiger partial charge in [-0.1, -0.05) is 12.1 Å². The largest absolute Gasteiger partial charge is 0.505 e. The van der Waals surface area contributed by atoms with Gasteiger partial charge in [-0.15, -0.1) is 4.91 Å². The maximum Gasteiger partial charge on any atom is 0.151 e. The summed E-state index contributed by atoms with van der Waals surface area (Å²) in [4.78, 5) is 19.2. The Labute approximate surface area is 95.7 Å². The fourth-order valence-corrected chi connectivity index (χ4v) is 1.72. The van der Waals surface area contributed by atoms with Crippen molar-refractivity contribution in [2.45, 2.75) is 0 Å². The number of phenolic OH excluding ortho intramolecular Hbond substituents is 1. The van der Waals surface area contributed by atoms with Gasteiger partial charge in [-0.2, -0.15) is 0 Å². The average Bonchev–Trinajstić information content (AvgIpc) is 2.35. The van der Waals surface area contributed by atoms with Crippen LogP contribution in [-0.4, -0.2) is 15.1 Å². The van der Waals surface area contributed by atoms with Gasteiger partial charge in [-0.25, -0.2) is 9.97 Å². The minimum atomic E-state index is -0.183. The molecule has 0 aliphatic rings. The van der Waals surface area contributed by atoms with Crippen LogP contribution >= 0.6 is 0 Å². The van der Waals surface area contributed by atoms with Gasteiger partial charge in [-0.05, 0) is 23.4 Å². The Balaban J connectivity index is 2.43. The second-order valence-corrected chi connectivity index (χ2v) is 3.63. The molecule has 0 radical (unpaired) electrons. The molecule has 0 saturated carbocycles. The fourth-order valence-electron chi connectivity index (χ4n) is 1.72. The van der Waals surface area contributed by atoms with E-state index < -0.39 is 0 Å².